The molecule has 2 unspecified atom stereocenters. The molecule has 2 heteroatoms. The van der Waals surface area contributed by atoms with Crippen molar-refractivity contribution in [3.63, 3.8) is 0 Å². The lowest BCUT2D eigenvalue weighted by Gasteiger charge is -2.34. The van der Waals surface area contributed by atoms with Crippen LogP contribution in [0.25, 0.3) is 0 Å². The van der Waals surface area contributed by atoms with Gasteiger partial charge in [-0.2, -0.15) is 0 Å². The third-order valence-corrected chi connectivity index (χ3v) is 4.83. The summed E-state index contributed by atoms with van der Waals surface area (Å²) in [6.45, 7) is 7.79. The lowest BCUT2D eigenvalue weighted by atomic mass is 9.86. The summed E-state index contributed by atoms with van der Waals surface area (Å²) in [4.78, 5) is 2.56. The normalized spacial score (nSPS) is 22.7. The van der Waals surface area contributed by atoms with Crippen molar-refractivity contribution in [3.05, 3.63) is 35.4 Å². The largest absolute Gasteiger partial charge is 0.317 e. The SMILES string of the molecule is CCNCCc1ccc(CN(C)C2CCCC(C)C2)cc1. The Morgan fingerprint density at radius 2 is 1.86 bits per heavy atom. The molecule has 1 aromatic rings. The minimum absolute atomic E-state index is 0.780. The predicted octanol–water partition coefficient (Wildman–Crippen LogP) is 3.85. The quantitative estimate of drug-likeness (QED) is 0.767. The molecule has 1 aromatic carbocycles. The minimum atomic E-state index is 0.780. The summed E-state index contributed by atoms with van der Waals surface area (Å²) in [5.74, 6) is 0.902. The zero-order valence-corrected chi connectivity index (χ0v) is 14.1. The van der Waals surface area contributed by atoms with Crippen LogP contribution in [0, 0.1) is 5.92 Å². The average molecular weight is 288 g/mol. The van der Waals surface area contributed by atoms with Crippen molar-refractivity contribution in [2.75, 3.05) is 20.1 Å². The van der Waals surface area contributed by atoms with Crippen LogP contribution < -0.4 is 5.32 Å². The summed E-state index contributed by atoms with van der Waals surface area (Å²) in [5, 5.41) is 3.38. The molecule has 2 atom stereocenters. The van der Waals surface area contributed by atoms with Crippen LogP contribution in [0.15, 0.2) is 24.3 Å². The van der Waals surface area contributed by atoms with Crippen molar-refractivity contribution in [2.45, 2.75) is 58.5 Å². The molecule has 1 N–H and O–H groups in total. The van der Waals surface area contributed by atoms with Crippen LogP contribution in [0.5, 0.6) is 0 Å². The van der Waals surface area contributed by atoms with Crippen LogP contribution in [-0.2, 0) is 13.0 Å². The van der Waals surface area contributed by atoms with Crippen LogP contribution in [0.4, 0.5) is 0 Å². The van der Waals surface area contributed by atoms with Crippen LogP contribution in [0.3, 0.4) is 0 Å². The number of nitrogens with zero attached hydrogens (tertiary/aromatic N) is 1. The Morgan fingerprint density at radius 1 is 1.14 bits per heavy atom. The number of nitrogens with one attached hydrogen (secondary N) is 1. The van der Waals surface area contributed by atoms with E-state index in [1.54, 1.807) is 0 Å². The number of hydrogen-bond donors (Lipinski definition) is 1. The fraction of sp³-hybridized carbons (Fsp3) is 0.684. The monoisotopic (exact) mass is 288 g/mol. The third-order valence-electron chi connectivity index (χ3n) is 4.83. The lowest BCUT2D eigenvalue weighted by Crippen LogP contribution is -2.35. The standard InChI is InChI=1S/C19H32N2/c1-4-20-13-12-17-8-10-18(11-9-17)15-21(3)19-7-5-6-16(2)14-19/h8-11,16,19-20H,4-7,12-15H2,1-3H3. The lowest BCUT2D eigenvalue weighted by molar-refractivity contribution is 0.157. The third kappa shape index (κ3) is 5.44. The second-order valence-electron chi connectivity index (χ2n) is 6.76. The highest BCUT2D eigenvalue weighted by Crippen LogP contribution is 2.27. The van der Waals surface area contributed by atoms with Gasteiger partial charge in [0.1, 0.15) is 0 Å². The molecule has 21 heavy (non-hydrogen) atoms. The van der Waals surface area contributed by atoms with Gasteiger partial charge in [0.15, 0.2) is 0 Å². The van der Waals surface area contributed by atoms with E-state index >= 15 is 0 Å². The first-order valence-corrected chi connectivity index (χ1v) is 8.67. The number of rotatable bonds is 7. The molecular weight excluding hydrogens is 256 g/mol. The number of hydrogen-bond acceptors (Lipinski definition) is 2. The molecule has 0 bridgehead atoms. The molecule has 1 aliphatic rings. The summed E-state index contributed by atoms with van der Waals surface area (Å²) >= 11 is 0. The van der Waals surface area contributed by atoms with Crippen molar-refractivity contribution in [3.8, 4) is 0 Å². The van der Waals surface area contributed by atoms with E-state index < -0.39 is 0 Å². The fourth-order valence-corrected chi connectivity index (χ4v) is 3.44. The topological polar surface area (TPSA) is 15.3 Å². The van der Waals surface area contributed by atoms with E-state index in [2.05, 4.69) is 55.4 Å². The van der Waals surface area contributed by atoms with Gasteiger partial charge in [-0.15, -0.1) is 0 Å². The van der Waals surface area contributed by atoms with Crippen LogP contribution in [0.1, 0.15) is 50.7 Å². The van der Waals surface area contributed by atoms with E-state index in [1.165, 1.54) is 36.8 Å². The molecule has 1 aliphatic carbocycles. The summed E-state index contributed by atoms with van der Waals surface area (Å²) in [6, 6.07) is 9.99. The first-order valence-electron chi connectivity index (χ1n) is 8.67. The Kier molecular flexibility index (Phi) is 6.72. The molecule has 2 nitrogen and oxygen atoms in total. The molecule has 2 rings (SSSR count). The van der Waals surface area contributed by atoms with E-state index in [-0.39, 0.29) is 0 Å². The second-order valence-corrected chi connectivity index (χ2v) is 6.76. The molecule has 0 radical (unpaired) electrons. The van der Waals surface area contributed by atoms with Crippen molar-refractivity contribution in [2.24, 2.45) is 5.92 Å². The van der Waals surface area contributed by atoms with E-state index in [4.69, 9.17) is 0 Å². The average Bonchev–Trinajstić information content (AvgIpc) is 2.49. The summed E-state index contributed by atoms with van der Waals surface area (Å²) in [6.07, 6.45) is 6.70. The predicted molar refractivity (Wildman–Crippen MR) is 91.6 cm³/mol. The summed E-state index contributed by atoms with van der Waals surface area (Å²) in [7, 11) is 2.29. The van der Waals surface area contributed by atoms with Crippen LogP contribution in [-0.4, -0.2) is 31.1 Å². The van der Waals surface area contributed by atoms with Crippen molar-refractivity contribution >= 4 is 0 Å². The van der Waals surface area contributed by atoms with E-state index in [1.807, 2.05) is 0 Å². The van der Waals surface area contributed by atoms with Gasteiger partial charge in [0.05, 0.1) is 0 Å². The van der Waals surface area contributed by atoms with Gasteiger partial charge in [-0.05, 0) is 56.4 Å². The Morgan fingerprint density at radius 3 is 2.52 bits per heavy atom. The molecule has 0 aromatic heterocycles. The van der Waals surface area contributed by atoms with Crippen molar-refractivity contribution in [1.82, 2.24) is 10.2 Å². The van der Waals surface area contributed by atoms with Gasteiger partial charge in [0.2, 0.25) is 0 Å². The van der Waals surface area contributed by atoms with Gasteiger partial charge in [0.25, 0.3) is 0 Å². The Labute approximate surface area is 130 Å². The van der Waals surface area contributed by atoms with E-state index in [9.17, 15) is 0 Å². The highest BCUT2D eigenvalue weighted by Gasteiger charge is 2.22. The maximum absolute atomic E-state index is 3.38. The molecule has 118 valence electrons. The van der Waals surface area contributed by atoms with Crippen molar-refractivity contribution < 1.29 is 0 Å². The maximum Gasteiger partial charge on any atom is 0.0233 e. The highest BCUT2D eigenvalue weighted by molar-refractivity contribution is 5.22. The van der Waals surface area contributed by atoms with Gasteiger partial charge in [0, 0.05) is 12.6 Å². The highest BCUT2D eigenvalue weighted by atomic mass is 15.1. The van der Waals surface area contributed by atoms with Gasteiger partial charge in [-0.1, -0.05) is 51.0 Å². The van der Waals surface area contributed by atoms with E-state index in [0.717, 1.165) is 38.0 Å². The first kappa shape index (κ1) is 16.5. The molecule has 1 fully saturated rings. The van der Waals surface area contributed by atoms with Gasteiger partial charge >= 0.3 is 0 Å². The van der Waals surface area contributed by atoms with E-state index in [0.29, 0.717) is 0 Å². The zero-order valence-electron chi connectivity index (χ0n) is 14.1. The van der Waals surface area contributed by atoms with Gasteiger partial charge in [-0.3, -0.25) is 4.90 Å². The molecule has 0 heterocycles. The first-order chi connectivity index (χ1) is 10.2. The van der Waals surface area contributed by atoms with Crippen LogP contribution >= 0.6 is 0 Å². The maximum atomic E-state index is 3.38. The number of likely N-dealkylation sites (N-methyl/N-ethyl adjacent to an activating group) is 1. The van der Waals surface area contributed by atoms with Crippen LogP contribution in [0.2, 0.25) is 0 Å². The molecule has 1 saturated carbocycles. The molecule has 0 spiro atoms. The van der Waals surface area contributed by atoms with Crippen molar-refractivity contribution in [1.29, 1.82) is 0 Å². The summed E-state index contributed by atoms with van der Waals surface area (Å²) < 4.78 is 0. The molecule has 0 amide bonds. The Balaban J connectivity index is 1.81. The minimum Gasteiger partial charge on any atom is -0.317 e. The second kappa shape index (κ2) is 8.55. The molecule has 0 saturated heterocycles. The fourth-order valence-electron chi connectivity index (χ4n) is 3.44. The van der Waals surface area contributed by atoms with Gasteiger partial charge < -0.3 is 5.32 Å². The zero-order chi connectivity index (χ0) is 15.1. The Hall–Kier alpha value is -0.860. The smallest absolute Gasteiger partial charge is 0.0233 e. The number of benzene rings is 1. The summed E-state index contributed by atoms with van der Waals surface area (Å²) in [5.41, 5.74) is 2.89. The molecule has 0 aliphatic heterocycles. The van der Waals surface area contributed by atoms with Gasteiger partial charge in [-0.25, -0.2) is 0 Å². The molecular formula is C19H32N2. The Bertz CT molecular complexity index is 399.